The Morgan fingerprint density at radius 3 is 2.62 bits per heavy atom. The quantitative estimate of drug-likeness (QED) is 0.623. The zero-order valence-corrected chi connectivity index (χ0v) is 13.9. The first-order chi connectivity index (χ1) is 11.6. The molecule has 4 heteroatoms. The molecule has 4 nitrogen and oxygen atoms in total. The lowest BCUT2D eigenvalue weighted by molar-refractivity contribution is 0.0471. The Morgan fingerprint density at radius 2 is 1.83 bits per heavy atom. The SMILES string of the molecule is COc1ccc(C)cc1C(=O)OCC(=O)c1ccc2c(c1)CCC2. The number of rotatable bonds is 5. The summed E-state index contributed by atoms with van der Waals surface area (Å²) in [5, 5.41) is 0. The highest BCUT2D eigenvalue weighted by molar-refractivity contribution is 6.00. The largest absolute Gasteiger partial charge is 0.496 e. The first-order valence-corrected chi connectivity index (χ1v) is 8.05. The van der Waals surface area contributed by atoms with Crippen LogP contribution in [0.25, 0.3) is 0 Å². The number of hydrogen-bond acceptors (Lipinski definition) is 4. The summed E-state index contributed by atoms with van der Waals surface area (Å²) in [6.45, 7) is 1.61. The van der Waals surface area contributed by atoms with Crippen LogP contribution in [0.2, 0.25) is 0 Å². The van der Waals surface area contributed by atoms with Crippen molar-refractivity contribution in [2.45, 2.75) is 26.2 Å². The van der Waals surface area contributed by atoms with Gasteiger partial charge in [0, 0.05) is 5.56 Å². The van der Waals surface area contributed by atoms with Crippen molar-refractivity contribution in [1.29, 1.82) is 0 Å². The summed E-state index contributed by atoms with van der Waals surface area (Å²) in [6, 6.07) is 11.0. The lowest BCUT2D eigenvalue weighted by Gasteiger charge is -2.10. The molecule has 0 atom stereocenters. The molecular formula is C20H20O4. The summed E-state index contributed by atoms with van der Waals surface area (Å²) >= 11 is 0. The van der Waals surface area contributed by atoms with E-state index in [-0.39, 0.29) is 12.4 Å². The standard InChI is InChI=1S/C20H20O4/c1-13-6-9-19(23-2)17(10-13)20(22)24-12-18(21)16-8-7-14-4-3-5-15(14)11-16/h6-11H,3-5,12H2,1-2H3. The molecule has 24 heavy (non-hydrogen) atoms. The number of carbonyl (C=O) groups excluding carboxylic acids is 2. The molecule has 1 aliphatic carbocycles. The summed E-state index contributed by atoms with van der Waals surface area (Å²) in [5.74, 6) is -0.301. The van der Waals surface area contributed by atoms with E-state index in [4.69, 9.17) is 9.47 Å². The Labute approximate surface area is 141 Å². The average Bonchev–Trinajstić information content (AvgIpc) is 3.06. The molecule has 1 aliphatic rings. The highest BCUT2D eigenvalue weighted by atomic mass is 16.5. The molecule has 2 aromatic carbocycles. The van der Waals surface area contributed by atoms with Gasteiger partial charge >= 0.3 is 5.97 Å². The zero-order chi connectivity index (χ0) is 17.1. The maximum Gasteiger partial charge on any atom is 0.342 e. The number of hydrogen-bond donors (Lipinski definition) is 0. The molecule has 124 valence electrons. The van der Waals surface area contributed by atoms with E-state index in [9.17, 15) is 9.59 Å². The molecule has 0 saturated carbocycles. The van der Waals surface area contributed by atoms with E-state index in [0.29, 0.717) is 16.9 Å². The summed E-state index contributed by atoms with van der Waals surface area (Å²) in [6.07, 6.45) is 3.22. The van der Waals surface area contributed by atoms with Gasteiger partial charge in [0.1, 0.15) is 11.3 Å². The predicted molar refractivity (Wildman–Crippen MR) is 90.8 cm³/mol. The van der Waals surface area contributed by atoms with Crippen molar-refractivity contribution in [3.8, 4) is 5.75 Å². The van der Waals surface area contributed by atoms with E-state index < -0.39 is 5.97 Å². The lowest BCUT2D eigenvalue weighted by atomic mass is 10.0. The van der Waals surface area contributed by atoms with E-state index in [1.165, 1.54) is 18.2 Å². The Bertz CT molecular complexity index is 792. The van der Waals surface area contributed by atoms with E-state index >= 15 is 0 Å². The molecule has 0 fully saturated rings. The smallest absolute Gasteiger partial charge is 0.342 e. The van der Waals surface area contributed by atoms with E-state index in [2.05, 4.69) is 0 Å². The molecule has 0 aromatic heterocycles. The fraction of sp³-hybridized carbons (Fsp3) is 0.300. The van der Waals surface area contributed by atoms with Gasteiger partial charge < -0.3 is 9.47 Å². The topological polar surface area (TPSA) is 52.6 Å². The minimum atomic E-state index is -0.551. The van der Waals surface area contributed by atoms with Gasteiger partial charge in [-0.15, -0.1) is 0 Å². The normalized spacial score (nSPS) is 12.6. The van der Waals surface area contributed by atoms with Crippen LogP contribution < -0.4 is 4.74 Å². The molecule has 0 N–H and O–H groups in total. The minimum absolute atomic E-state index is 0.190. The Hall–Kier alpha value is -2.62. The van der Waals surface area contributed by atoms with Crippen LogP contribution >= 0.6 is 0 Å². The van der Waals surface area contributed by atoms with Crippen LogP contribution in [0.4, 0.5) is 0 Å². The van der Waals surface area contributed by atoms with Gasteiger partial charge in [0.15, 0.2) is 12.4 Å². The minimum Gasteiger partial charge on any atom is -0.496 e. The van der Waals surface area contributed by atoms with Gasteiger partial charge in [0.25, 0.3) is 0 Å². The number of benzene rings is 2. The monoisotopic (exact) mass is 324 g/mol. The molecule has 0 bridgehead atoms. The second-order valence-corrected chi connectivity index (χ2v) is 6.04. The van der Waals surface area contributed by atoms with Crippen LogP contribution in [0, 0.1) is 6.92 Å². The molecule has 0 unspecified atom stereocenters. The number of ketones is 1. The Kier molecular flexibility index (Phi) is 4.65. The van der Waals surface area contributed by atoms with Gasteiger partial charge in [-0.2, -0.15) is 0 Å². The third-order valence-electron chi connectivity index (χ3n) is 4.33. The highest BCUT2D eigenvalue weighted by Crippen LogP contribution is 2.23. The molecule has 3 rings (SSSR count). The van der Waals surface area contributed by atoms with Crippen LogP contribution in [0.3, 0.4) is 0 Å². The van der Waals surface area contributed by atoms with E-state index in [1.54, 1.807) is 12.1 Å². The lowest BCUT2D eigenvalue weighted by Crippen LogP contribution is -2.15. The first kappa shape index (κ1) is 16.2. The zero-order valence-electron chi connectivity index (χ0n) is 13.9. The molecule has 0 saturated heterocycles. The van der Waals surface area contributed by atoms with Gasteiger partial charge in [0.05, 0.1) is 7.11 Å². The van der Waals surface area contributed by atoms with Crippen molar-refractivity contribution in [3.05, 3.63) is 64.2 Å². The fourth-order valence-electron chi connectivity index (χ4n) is 3.02. The Balaban J connectivity index is 1.68. The van der Waals surface area contributed by atoms with Crippen molar-refractivity contribution in [3.63, 3.8) is 0 Å². The highest BCUT2D eigenvalue weighted by Gasteiger charge is 2.18. The molecule has 0 radical (unpaired) electrons. The van der Waals surface area contributed by atoms with Crippen LogP contribution in [0.15, 0.2) is 36.4 Å². The average molecular weight is 324 g/mol. The van der Waals surface area contributed by atoms with Gasteiger partial charge in [-0.1, -0.05) is 23.8 Å². The summed E-state index contributed by atoms with van der Waals surface area (Å²) in [7, 11) is 1.50. The molecular weight excluding hydrogens is 304 g/mol. The molecule has 0 heterocycles. The van der Waals surface area contributed by atoms with Crippen molar-refractivity contribution < 1.29 is 19.1 Å². The fourth-order valence-corrected chi connectivity index (χ4v) is 3.02. The third-order valence-corrected chi connectivity index (χ3v) is 4.33. The second-order valence-electron chi connectivity index (χ2n) is 6.04. The van der Waals surface area contributed by atoms with Crippen LogP contribution in [-0.2, 0) is 17.6 Å². The van der Waals surface area contributed by atoms with Crippen LogP contribution in [0.5, 0.6) is 5.75 Å². The number of ether oxygens (including phenoxy) is 2. The number of esters is 1. The molecule has 0 amide bonds. The van der Waals surface area contributed by atoms with E-state index in [0.717, 1.165) is 24.8 Å². The number of carbonyl (C=O) groups is 2. The maximum absolute atomic E-state index is 12.3. The van der Waals surface area contributed by atoms with Crippen molar-refractivity contribution >= 4 is 11.8 Å². The van der Waals surface area contributed by atoms with Gasteiger partial charge in [0.2, 0.25) is 0 Å². The van der Waals surface area contributed by atoms with Crippen LogP contribution in [-0.4, -0.2) is 25.5 Å². The molecule has 0 aliphatic heterocycles. The summed E-state index contributed by atoms with van der Waals surface area (Å²) in [4.78, 5) is 24.5. The number of fused-ring (bicyclic) bond motifs is 1. The third kappa shape index (κ3) is 3.32. The van der Waals surface area contributed by atoms with Crippen molar-refractivity contribution in [2.24, 2.45) is 0 Å². The maximum atomic E-state index is 12.3. The predicted octanol–water partition coefficient (Wildman–Crippen LogP) is 3.53. The van der Waals surface area contributed by atoms with Crippen molar-refractivity contribution in [2.75, 3.05) is 13.7 Å². The first-order valence-electron chi connectivity index (χ1n) is 8.05. The number of methoxy groups -OCH3 is 1. The van der Waals surface area contributed by atoms with Gasteiger partial charge in [-0.25, -0.2) is 4.79 Å². The van der Waals surface area contributed by atoms with Gasteiger partial charge in [-0.3, -0.25) is 4.79 Å². The molecule has 2 aromatic rings. The van der Waals surface area contributed by atoms with Crippen molar-refractivity contribution in [1.82, 2.24) is 0 Å². The molecule has 0 spiro atoms. The summed E-state index contributed by atoms with van der Waals surface area (Å²) in [5.41, 5.74) is 4.40. The second kappa shape index (κ2) is 6.87. The summed E-state index contributed by atoms with van der Waals surface area (Å²) < 4.78 is 10.4. The van der Waals surface area contributed by atoms with Crippen LogP contribution in [0.1, 0.15) is 43.8 Å². The van der Waals surface area contributed by atoms with E-state index in [1.807, 2.05) is 31.2 Å². The number of aryl methyl sites for hydroxylation is 3. The van der Waals surface area contributed by atoms with Gasteiger partial charge in [-0.05, 0) is 55.5 Å². The Morgan fingerprint density at radius 1 is 1.04 bits per heavy atom. The number of Topliss-reactive ketones (excluding diaryl/α,β-unsaturated/α-hetero) is 1.